The monoisotopic (exact) mass is 401 g/mol. The van der Waals surface area contributed by atoms with Gasteiger partial charge in [-0.2, -0.15) is 0 Å². The van der Waals surface area contributed by atoms with Crippen LogP contribution in [0.4, 0.5) is 5.69 Å². The highest BCUT2D eigenvalue weighted by Gasteiger charge is 2.28. The lowest BCUT2D eigenvalue weighted by Crippen LogP contribution is -2.16. The lowest BCUT2D eigenvalue weighted by molar-refractivity contribution is -0.116. The number of hydrogen-bond donors (Lipinski definition) is 2. The number of anilines is 1. The number of aromatic amines is 1. The molecule has 1 fully saturated rings. The summed E-state index contributed by atoms with van der Waals surface area (Å²) >= 11 is 0. The van der Waals surface area contributed by atoms with Gasteiger partial charge in [0.25, 0.3) is 5.56 Å². The summed E-state index contributed by atoms with van der Waals surface area (Å²) in [6.45, 7) is 0. The average Bonchev–Trinajstić information content (AvgIpc) is 3.49. The molecule has 0 atom stereocenters. The Morgan fingerprint density at radius 1 is 1.13 bits per heavy atom. The Morgan fingerprint density at radius 2 is 1.93 bits per heavy atom. The molecule has 2 N–H and O–H groups in total. The number of aromatic nitrogens is 6. The van der Waals surface area contributed by atoms with Crippen molar-refractivity contribution in [3.8, 4) is 11.4 Å². The molecule has 150 valence electrons. The summed E-state index contributed by atoms with van der Waals surface area (Å²) in [6, 6.07) is 15.0. The zero-order chi connectivity index (χ0) is 20.5. The van der Waals surface area contributed by atoms with Crippen molar-refractivity contribution in [1.82, 2.24) is 30.2 Å². The van der Waals surface area contributed by atoms with E-state index in [1.807, 2.05) is 35.0 Å². The number of fused-ring (bicyclic) bond motifs is 1. The maximum absolute atomic E-state index is 12.3. The fourth-order valence-electron chi connectivity index (χ4n) is 3.36. The van der Waals surface area contributed by atoms with Crippen molar-refractivity contribution < 1.29 is 4.79 Å². The number of rotatable bonds is 6. The van der Waals surface area contributed by atoms with Crippen molar-refractivity contribution in [2.24, 2.45) is 0 Å². The molecule has 0 bridgehead atoms. The van der Waals surface area contributed by atoms with Crippen LogP contribution >= 0.6 is 0 Å². The van der Waals surface area contributed by atoms with E-state index in [4.69, 9.17) is 0 Å². The second-order valence-corrected chi connectivity index (χ2v) is 7.33. The molecule has 1 amide bonds. The number of H-pyrrole nitrogens is 1. The van der Waals surface area contributed by atoms with Crippen molar-refractivity contribution in [3.63, 3.8) is 0 Å². The first-order chi connectivity index (χ1) is 14.7. The normalized spacial score (nSPS) is 13.5. The topological polar surface area (TPSA) is 118 Å². The number of nitrogens with one attached hydrogen (secondary N) is 2. The van der Waals surface area contributed by atoms with Gasteiger partial charge < -0.3 is 10.3 Å². The van der Waals surface area contributed by atoms with Crippen LogP contribution in [-0.2, 0) is 11.2 Å². The van der Waals surface area contributed by atoms with Gasteiger partial charge in [0, 0.05) is 24.1 Å². The van der Waals surface area contributed by atoms with E-state index in [1.165, 1.54) is 0 Å². The van der Waals surface area contributed by atoms with Gasteiger partial charge in [-0.3, -0.25) is 9.59 Å². The van der Waals surface area contributed by atoms with Crippen LogP contribution < -0.4 is 10.9 Å². The van der Waals surface area contributed by atoms with E-state index in [2.05, 4.69) is 30.8 Å². The van der Waals surface area contributed by atoms with Crippen LogP contribution in [-0.4, -0.2) is 36.1 Å². The first kappa shape index (κ1) is 18.2. The summed E-state index contributed by atoms with van der Waals surface area (Å²) in [5, 5.41) is 15.3. The maximum Gasteiger partial charge on any atom is 0.258 e. The summed E-state index contributed by atoms with van der Waals surface area (Å²) in [5.41, 5.74) is 2.03. The SMILES string of the molecule is O=C(CCc1nc2ccccc2c(=O)[nH]1)Nc1ccc(-c2nnnn2C2CC2)cc1. The molecule has 9 heteroatoms. The third-order valence-corrected chi connectivity index (χ3v) is 5.06. The zero-order valence-corrected chi connectivity index (χ0v) is 16.1. The molecule has 2 aromatic carbocycles. The highest BCUT2D eigenvalue weighted by atomic mass is 16.1. The van der Waals surface area contributed by atoms with Crippen LogP contribution in [0.5, 0.6) is 0 Å². The van der Waals surface area contributed by atoms with E-state index >= 15 is 0 Å². The minimum absolute atomic E-state index is 0.152. The molecular weight excluding hydrogens is 382 g/mol. The summed E-state index contributed by atoms with van der Waals surface area (Å²) in [4.78, 5) is 31.6. The molecule has 1 aliphatic rings. The lowest BCUT2D eigenvalue weighted by atomic mass is 10.2. The average molecular weight is 401 g/mol. The van der Waals surface area contributed by atoms with E-state index in [0.29, 0.717) is 34.9 Å². The Labute approximate surface area is 171 Å². The quantitative estimate of drug-likeness (QED) is 0.512. The van der Waals surface area contributed by atoms with Gasteiger partial charge in [0.05, 0.1) is 16.9 Å². The van der Waals surface area contributed by atoms with Gasteiger partial charge in [-0.15, -0.1) is 5.10 Å². The number of tetrazole rings is 1. The number of aryl methyl sites for hydroxylation is 1. The first-order valence-electron chi connectivity index (χ1n) is 9.83. The molecule has 5 rings (SSSR count). The molecule has 30 heavy (non-hydrogen) atoms. The Morgan fingerprint density at radius 3 is 2.73 bits per heavy atom. The van der Waals surface area contributed by atoms with Crippen LogP contribution in [0.25, 0.3) is 22.3 Å². The number of benzene rings is 2. The van der Waals surface area contributed by atoms with Crippen molar-refractivity contribution in [2.45, 2.75) is 31.7 Å². The van der Waals surface area contributed by atoms with Gasteiger partial charge in [-0.05, 0) is 59.7 Å². The molecule has 4 aromatic rings. The van der Waals surface area contributed by atoms with Gasteiger partial charge >= 0.3 is 0 Å². The van der Waals surface area contributed by atoms with E-state index in [1.54, 1.807) is 18.2 Å². The molecule has 9 nitrogen and oxygen atoms in total. The number of carbonyl (C=O) groups excluding carboxylic acids is 1. The number of nitrogens with zero attached hydrogens (tertiary/aromatic N) is 5. The van der Waals surface area contributed by atoms with E-state index in [9.17, 15) is 9.59 Å². The lowest BCUT2D eigenvalue weighted by Gasteiger charge is -2.07. The number of hydrogen-bond acceptors (Lipinski definition) is 6. The number of para-hydroxylation sites is 1. The number of amides is 1. The summed E-state index contributed by atoms with van der Waals surface area (Å²) in [6.07, 6.45) is 2.76. The first-order valence-corrected chi connectivity index (χ1v) is 9.83. The van der Waals surface area contributed by atoms with Crippen molar-refractivity contribution in [3.05, 3.63) is 64.7 Å². The van der Waals surface area contributed by atoms with Crippen molar-refractivity contribution >= 4 is 22.5 Å². The molecule has 0 unspecified atom stereocenters. The molecule has 0 saturated heterocycles. The minimum Gasteiger partial charge on any atom is -0.326 e. The van der Waals surface area contributed by atoms with E-state index < -0.39 is 0 Å². The summed E-state index contributed by atoms with van der Waals surface area (Å²) in [5.74, 6) is 1.08. The fourth-order valence-corrected chi connectivity index (χ4v) is 3.36. The van der Waals surface area contributed by atoms with Gasteiger partial charge in [-0.1, -0.05) is 12.1 Å². The van der Waals surface area contributed by atoms with Gasteiger partial charge in [0.2, 0.25) is 5.91 Å². The third kappa shape index (κ3) is 3.69. The van der Waals surface area contributed by atoms with E-state index in [0.717, 1.165) is 24.2 Å². The van der Waals surface area contributed by atoms with Gasteiger partial charge in [0.1, 0.15) is 5.82 Å². The molecule has 0 aliphatic heterocycles. The van der Waals surface area contributed by atoms with Crippen LogP contribution in [0.1, 0.15) is 31.1 Å². The smallest absolute Gasteiger partial charge is 0.258 e. The highest BCUT2D eigenvalue weighted by Crippen LogP contribution is 2.36. The molecule has 1 aliphatic carbocycles. The standard InChI is InChI=1S/C21H19N7O2/c29-19(12-11-18-23-17-4-2-1-3-16(17)21(30)24-18)22-14-7-5-13(6-8-14)20-25-26-27-28(20)15-9-10-15/h1-8,15H,9-12H2,(H,22,29)(H,23,24,30). The highest BCUT2D eigenvalue weighted by molar-refractivity contribution is 5.91. The zero-order valence-electron chi connectivity index (χ0n) is 16.1. The van der Waals surface area contributed by atoms with Crippen LogP contribution in [0.3, 0.4) is 0 Å². The summed E-state index contributed by atoms with van der Waals surface area (Å²) < 4.78 is 1.85. The second-order valence-electron chi connectivity index (χ2n) is 7.33. The molecule has 2 heterocycles. The molecular formula is C21H19N7O2. The predicted octanol–water partition coefficient (Wildman–Crippen LogP) is 2.48. The van der Waals surface area contributed by atoms with Crippen LogP contribution in [0.15, 0.2) is 53.3 Å². The minimum atomic E-state index is -0.194. The summed E-state index contributed by atoms with van der Waals surface area (Å²) in [7, 11) is 0. The van der Waals surface area contributed by atoms with Gasteiger partial charge in [0.15, 0.2) is 5.82 Å². The van der Waals surface area contributed by atoms with Crippen LogP contribution in [0, 0.1) is 0 Å². The molecule has 2 aromatic heterocycles. The molecule has 0 radical (unpaired) electrons. The molecule has 1 saturated carbocycles. The Bertz CT molecular complexity index is 1270. The van der Waals surface area contributed by atoms with Crippen molar-refractivity contribution in [2.75, 3.05) is 5.32 Å². The van der Waals surface area contributed by atoms with Crippen LogP contribution in [0.2, 0.25) is 0 Å². The maximum atomic E-state index is 12.3. The van der Waals surface area contributed by atoms with Crippen molar-refractivity contribution in [1.29, 1.82) is 0 Å². The fraction of sp³-hybridized carbons (Fsp3) is 0.238. The largest absolute Gasteiger partial charge is 0.326 e. The predicted molar refractivity (Wildman–Crippen MR) is 111 cm³/mol. The Kier molecular flexibility index (Phi) is 4.55. The van der Waals surface area contributed by atoms with E-state index in [-0.39, 0.29) is 17.9 Å². The van der Waals surface area contributed by atoms with Gasteiger partial charge in [-0.25, -0.2) is 9.67 Å². The Balaban J connectivity index is 1.22. The second kappa shape index (κ2) is 7.51. The number of carbonyl (C=O) groups is 1. The molecule has 0 spiro atoms. The third-order valence-electron chi connectivity index (χ3n) is 5.06. The Hall–Kier alpha value is -3.88.